The summed E-state index contributed by atoms with van der Waals surface area (Å²) in [5.41, 5.74) is 0. The third kappa shape index (κ3) is 3.50. The molecular weight excluding hydrogens is 198 g/mol. The van der Waals surface area contributed by atoms with Gasteiger partial charge < -0.3 is 10.0 Å². The standard InChI is InChI=1S/C10H19NO2S/c1-2-5-14-8-10(13)11-4-3-9(6-11)7-12/h9,12H,2-8H2,1H3. The molecule has 0 aromatic rings. The number of hydrogen-bond donors (Lipinski definition) is 1. The van der Waals surface area contributed by atoms with E-state index in [1.165, 1.54) is 0 Å². The lowest BCUT2D eigenvalue weighted by Crippen LogP contribution is -2.30. The number of carbonyl (C=O) groups is 1. The predicted octanol–water partition coefficient (Wildman–Crippen LogP) is 0.970. The summed E-state index contributed by atoms with van der Waals surface area (Å²) in [4.78, 5) is 13.5. The van der Waals surface area contributed by atoms with Crippen LogP contribution in [0.3, 0.4) is 0 Å². The Labute approximate surface area is 89.9 Å². The quantitative estimate of drug-likeness (QED) is 0.698. The Balaban J connectivity index is 2.18. The molecule has 1 amide bonds. The molecule has 1 heterocycles. The molecule has 0 saturated carbocycles. The topological polar surface area (TPSA) is 40.5 Å². The highest BCUT2D eigenvalue weighted by atomic mass is 32.2. The number of likely N-dealkylation sites (tertiary alicyclic amines) is 1. The van der Waals surface area contributed by atoms with Crippen LogP contribution in [0.5, 0.6) is 0 Å². The minimum atomic E-state index is 0.214. The zero-order chi connectivity index (χ0) is 10.4. The molecule has 0 radical (unpaired) electrons. The first kappa shape index (κ1) is 11.9. The first-order valence-electron chi connectivity index (χ1n) is 5.24. The summed E-state index contributed by atoms with van der Waals surface area (Å²) in [5, 5.41) is 8.94. The van der Waals surface area contributed by atoms with E-state index in [1.807, 2.05) is 4.90 Å². The van der Waals surface area contributed by atoms with Crippen LogP contribution < -0.4 is 0 Å². The average Bonchev–Trinajstić information content (AvgIpc) is 2.66. The fraction of sp³-hybridized carbons (Fsp3) is 0.900. The molecule has 1 N–H and O–H groups in total. The number of carbonyl (C=O) groups excluding carboxylic acids is 1. The van der Waals surface area contributed by atoms with E-state index < -0.39 is 0 Å². The molecule has 1 rings (SSSR count). The van der Waals surface area contributed by atoms with Gasteiger partial charge in [-0.05, 0) is 18.6 Å². The highest BCUT2D eigenvalue weighted by molar-refractivity contribution is 7.99. The van der Waals surface area contributed by atoms with Crippen molar-refractivity contribution in [3.05, 3.63) is 0 Å². The zero-order valence-electron chi connectivity index (χ0n) is 8.74. The van der Waals surface area contributed by atoms with Crippen LogP contribution in [0.2, 0.25) is 0 Å². The SMILES string of the molecule is CCCSCC(=O)N1CCC(CO)C1. The van der Waals surface area contributed by atoms with Gasteiger partial charge in [0.05, 0.1) is 5.75 Å². The molecule has 1 aliphatic heterocycles. The van der Waals surface area contributed by atoms with Gasteiger partial charge in [0.15, 0.2) is 0 Å². The van der Waals surface area contributed by atoms with Crippen LogP contribution in [0, 0.1) is 5.92 Å². The maximum atomic E-state index is 11.6. The van der Waals surface area contributed by atoms with Gasteiger partial charge in [-0.1, -0.05) is 6.92 Å². The van der Waals surface area contributed by atoms with Crippen LogP contribution in [0.4, 0.5) is 0 Å². The van der Waals surface area contributed by atoms with E-state index >= 15 is 0 Å². The Kier molecular flexibility index (Phi) is 5.33. The Bertz CT molecular complexity index is 187. The monoisotopic (exact) mass is 217 g/mol. The van der Waals surface area contributed by atoms with Crippen molar-refractivity contribution in [3.63, 3.8) is 0 Å². The molecule has 4 heteroatoms. The second kappa shape index (κ2) is 6.30. The fourth-order valence-electron chi connectivity index (χ4n) is 1.60. The summed E-state index contributed by atoms with van der Waals surface area (Å²) in [7, 11) is 0. The van der Waals surface area contributed by atoms with E-state index in [0.717, 1.165) is 31.7 Å². The summed E-state index contributed by atoms with van der Waals surface area (Å²) in [6, 6.07) is 0. The molecule has 0 aromatic heterocycles. The van der Waals surface area contributed by atoms with E-state index in [0.29, 0.717) is 11.7 Å². The second-order valence-electron chi connectivity index (χ2n) is 3.73. The molecule has 1 aliphatic rings. The Morgan fingerprint density at radius 2 is 2.43 bits per heavy atom. The van der Waals surface area contributed by atoms with Crippen molar-refractivity contribution < 1.29 is 9.90 Å². The summed E-state index contributed by atoms with van der Waals surface area (Å²) in [6.07, 6.45) is 2.08. The predicted molar refractivity (Wildman–Crippen MR) is 59.4 cm³/mol. The fourth-order valence-corrected chi connectivity index (χ4v) is 2.39. The molecule has 1 fully saturated rings. The van der Waals surface area contributed by atoms with Gasteiger partial charge in [-0.2, -0.15) is 11.8 Å². The summed E-state index contributed by atoms with van der Waals surface area (Å²) in [5.74, 6) is 2.21. The first-order chi connectivity index (χ1) is 6.77. The van der Waals surface area contributed by atoms with E-state index in [4.69, 9.17) is 5.11 Å². The summed E-state index contributed by atoms with van der Waals surface area (Å²) < 4.78 is 0. The van der Waals surface area contributed by atoms with Gasteiger partial charge in [0.2, 0.25) is 5.91 Å². The zero-order valence-corrected chi connectivity index (χ0v) is 9.55. The minimum absolute atomic E-state index is 0.214. The van der Waals surface area contributed by atoms with Gasteiger partial charge in [0.25, 0.3) is 0 Å². The number of amides is 1. The lowest BCUT2D eigenvalue weighted by atomic mass is 10.1. The van der Waals surface area contributed by atoms with Crippen LogP contribution >= 0.6 is 11.8 Å². The number of rotatable bonds is 5. The van der Waals surface area contributed by atoms with Crippen molar-refractivity contribution >= 4 is 17.7 Å². The largest absolute Gasteiger partial charge is 0.396 e. The number of hydrogen-bond acceptors (Lipinski definition) is 3. The number of aliphatic hydroxyl groups excluding tert-OH is 1. The van der Waals surface area contributed by atoms with Crippen LogP contribution in [0.15, 0.2) is 0 Å². The Hall–Kier alpha value is -0.220. The van der Waals surface area contributed by atoms with Gasteiger partial charge >= 0.3 is 0 Å². The van der Waals surface area contributed by atoms with Gasteiger partial charge in [0, 0.05) is 25.6 Å². The van der Waals surface area contributed by atoms with Gasteiger partial charge in [-0.15, -0.1) is 0 Å². The molecule has 1 atom stereocenters. The van der Waals surface area contributed by atoms with E-state index in [2.05, 4.69) is 6.92 Å². The van der Waals surface area contributed by atoms with Crippen molar-refractivity contribution in [1.82, 2.24) is 4.90 Å². The first-order valence-corrected chi connectivity index (χ1v) is 6.39. The van der Waals surface area contributed by atoms with Crippen LogP contribution in [0.1, 0.15) is 19.8 Å². The third-order valence-electron chi connectivity index (χ3n) is 2.47. The van der Waals surface area contributed by atoms with Crippen molar-refractivity contribution in [3.8, 4) is 0 Å². The number of nitrogens with zero attached hydrogens (tertiary/aromatic N) is 1. The van der Waals surface area contributed by atoms with Crippen molar-refractivity contribution in [1.29, 1.82) is 0 Å². The molecule has 14 heavy (non-hydrogen) atoms. The maximum Gasteiger partial charge on any atom is 0.232 e. The van der Waals surface area contributed by atoms with Crippen LogP contribution in [0.25, 0.3) is 0 Å². The highest BCUT2D eigenvalue weighted by Crippen LogP contribution is 2.16. The lowest BCUT2D eigenvalue weighted by molar-refractivity contribution is -0.127. The second-order valence-corrected chi connectivity index (χ2v) is 4.83. The van der Waals surface area contributed by atoms with Gasteiger partial charge in [0.1, 0.15) is 0 Å². The molecule has 82 valence electrons. The number of aliphatic hydroxyl groups is 1. The molecule has 0 aliphatic carbocycles. The van der Waals surface area contributed by atoms with Crippen molar-refractivity contribution in [2.24, 2.45) is 5.92 Å². The third-order valence-corrected chi connectivity index (χ3v) is 3.62. The molecule has 0 aromatic carbocycles. The summed E-state index contributed by atoms with van der Waals surface area (Å²) >= 11 is 1.70. The molecule has 1 unspecified atom stereocenters. The average molecular weight is 217 g/mol. The van der Waals surface area contributed by atoms with Crippen molar-refractivity contribution in [2.45, 2.75) is 19.8 Å². The van der Waals surface area contributed by atoms with Crippen LogP contribution in [-0.4, -0.2) is 47.1 Å². The molecule has 3 nitrogen and oxygen atoms in total. The van der Waals surface area contributed by atoms with Gasteiger partial charge in [-0.25, -0.2) is 0 Å². The van der Waals surface area contributed by atoms with E-state index in [1.54, 1.807) is 11.8 Å². The molecule has 0 spiro atoms. The van der Waals surface area contributed by atoms with E-state index in [9.17, 15) is 4.79 Å². The van der Waals surface area contributed by atoms with E-state index in [-0.39, 0.29) is 12.5 Å². The van der Waals surface area contributed by atoms with Crippen molar-refractivity contribution in [2.75, 3.05) is 31.2 Å². The Morgan fingerprint density at radius 3 is 3.00 bits per heavy atom. The molecule has 1 saturated heterocycles. The highest BCUT2D eigenvalue weighted by Gasteiger charge is 2.24. The van der Waals surface area contributed by atoms with Crippen LogP contribution in [-0.2, 0) is 4.79 Å². The lowest BCUT2D eigenvalue weighted by Gasteiger charge is -2.15. The smallest absolute Gasteiger partial charge is 0.232 e. The molecule has 0 bridgehead atoms. The Morgan fingerprint density at radius 1 is 1.64 bits per heavy atom. The van der Waals surface area contributed by atoms with Gasteiger partial charge in [-0.3, -0.25) is 4.79 Å². The summed E-state index contributed by atoms with van der Waals surface area (Å²) in [6.45, 7) is 3.92. The minimum Gasteiger partial charge on any atom is -0.396 e. The maximum absolute atomic E-state index is 11.6. The molecular formula is C10H19NO2S. The number of thioether (sulfide) groups is 1. The normalized spacial score (nSPS) is 21.6.